The molecule has 1 rings (SSSR count). The van der Waals surface area contributed by atoms with E-state index < -0.39 is 13.3 Å². The largest absolute Gasteiger partial charge is 0.412 e. The zero-order chi connectivity index (χ0) is 13.6. The van der Waals surface area contributed by atoms with Crippen LogP contribution in [0.2, 0.25) is 0 Å². The third-order valence-corrected chi connectivity index (χ3v) is 4.50. The molecular weight excluding hydrogens is 281 g/mol. The second-order valence-electron chi connectivity index (χ2n) is 3.14. The van der Waals surface area contributed by atoms with Gasteiger partial charge in [-0.25, -0.2) is 0 Å². The summed E-state index contributed by atoms with van der Waals surface area (Å²) in [6.07, 6.45) is 0. The van der Waals surface area contributed by atoms with Gasteiger partial charge in [0, 0.05) is 10.9 Å². The van der Waals surface area contributed by atoms with Crippen LogP contribution in [0.5, 0.6) is 0 Å². The lowest BCUT2D eigenvalue weighted by atomic mass is 10.3. The molecule has 0 radical (unpaired) electrons. The third-order valence-electron chi connectivity index (χ3n) is 1.82. The Balaban J connectivity index is 2.98. The average Bonchev–Trinajstić information content (AvgIpc) is 2.80. The summed E-state index contributed by atoms with van der Waals surface area (Å²) in [6, 6.07) is 1.60. The molecule has 0 aliphatic heterocycles. The van der Waals surface area contributed by atoms with Crippen molar-refractivity contribution in [3.8, 4) is 11.8 Å². The molecule has 100 valence electrons. The minimum absolute atomic E-state index is 0.132. The molecule has 0 amide bonds. The predicted octanol–water partition coefficient (Wildman–Crippen LogP) is 3.96. The van der Waals surface area contributed by atoms with Gasteiger partial charge < -0.3 is 9.05 Å². The zero-order valence-corrected chi connectivity index (χ0v) is 11.7. The van der Waals surface area contributed by atoms with Crippen LogP contribution in [0.3, 0.4) is 0 Å². The van der Waals surface area contributed by atoms with E-state index >= 15 is 0 Å². The summed E-state index contributed by atoms with van der Waals surface area (Å²) >= 11 is 1.34. The Kier molecular flexibility index (Phi) is 5.48. The maximum atomic E-state index is 13.8. The molecule has 18 heavy (non-hydrogen) atoms. The zero-order valence-electron chi connectivity index (χ0n) is 9.98. The standard InChI is InChI=1S/C11H13F2O3PS/c1-3-15-17(14,16-4-2)11(12,13)7-5-10-6-8-18-9-10/h6,8-9H,3-4H2,1-2H3. The Morgan fingerprint density at radius 2 is 2.00 bits per heavy atom. The van der Waals surface area contributed by atoms with E-state index in [1.54, 1.807) is 22.7 Å². The molecule has 0 spiro atoms. The van der Waals surface area contributed by atoms with Crippen LogP contribution in [0.4, 0.5) is 8.78 Å². The normalized spacial score (nSPS) is 12.0. The van der Waals surface area contributed by atoms with Crippen molar-refractivity contribution in [2.75, 3.05) is 13.2 Å². The Labute approximate surface area is 109 Å². The van der Waals surface area contributed by atoms with Gasteiger partial charge in [-0.05, 0) is 31.2 Å². The van der Waals surface area contributed by atoms with Gasteiger partial charge in [0.1, 0.15) is 0 Å². The van der Waals surface area contributed by atoms with Crippen molar-refractivity contribution >= 4 is 18.9 Å². The summed E-state index contributed by atoms with van der Waals surface area (Å²) in [5.41, 5.74) is -3.37. The maximum absolute atomic E-state index is 13.8. The molecule has 0 atom stereocenters. The van der Waals surface area contributed by atoms with Crippen LogP contribution < -0.4 is 0 Å². The number of halogens is 2. The second kappa shape index (κ2) is 6.44. The second-order valence-corrected chi connectivity index (χ2v) is 5.99. The van der Waals surface area contributed by atoms with Gasteiger partial charge in [0.05, 0.1) is 13.2 Å². The van der Waals surface area contributed by atoms with Gasteiger partial charge in [-0.1, -0.05) is 5.92 Å². The van der Waals surface area contributed by atoms with E-state index in [1.165, 1.54) is 25.2 Å². The monoisotopic (exact) mass is 294 g/mol. The molecule has 7 heteroatoms. The number of hydrogen-bond donors (Lipinski definition) is 0. The molecule has 0 N–H and O–H groups in total. The van der Waals surface area contributed by atoms with Crippen molar-refractivity contribution in [2.24, 2.45) is 0 Å². The molecule has 0 bridgehead atoms. The van der Waals surface area contributed by atoms with Gasteiger partial charge in [-0.2, -0.15) is 20.1 Å². The summed E-state index contributed by atoms with van der Waals surface area (Å²) in [4.78, 5) is 0. The first kappa shape index (κ1) is 15.3. The summed E-state index contributed by atoms with van der Waals surface area (Å²) < 4.78 is 48.6. The smallest absolute Gasteiger partial charge is 0.304 e. The third kappa shape index (κ3) is 3.63. The molecule has 0 fully saturated rings. The highest BCUT2D eigenvalue weighted by Gasteiger charge is 2.52. The number of hydrogen-bond acceptors (Lipinski definition) is 4. The molecule has 0 aliphatic rings. The summed E-state index contributed by atoms with van der Waals surface area (Å²) in [5, 5.41) is 3.34. The number of thiophene rings is 1. The lowest BCUT2D eigenvalue weighted by Crippen LogP contribution is -2.18. The Morgan fingerprint density at radius 3 is 2.44 bits per heavy atom. The van der Waals surface area contributed by atoms with E-state index in [0.29, 0.717) is 5.56 Å². The molecule has 0 saturated heterocycles. The van der Waals surface area contributed by atoms with Crippen molar-refractivity contribution < 1.29 is 22.4 Å². The minimum Gasteiger partial charge on any atom is -0.304 e. The first-order valence-corrected chi connectivity index (χ1v) is 7.76. The SMILES string of the molecule is CCOP(=O)(OCC)C(F)(F)C#Cc1ccsc1. The van der Waals surface area contributed by atoms with Crippen molar-refractivity contribution in [3.63, 3.8) is 0 Å². The molecule has 1 aromatic rings. The molecule has 0 unspecified atom stereocenters. The van der Waals surface area contributed by atoms with Crippen molar-refractivity contribution in [3.05, 3.63) is 22.4 Å². The molecule has 1 aromatic heterocycles. The van der Waals surface area contributed by atoms with Crippen LogP contribution in [0.15, 0.2) is 16.8 Å². The van der Waals surface area contributed by atoms with Crippen LogP contribution in [0, 0.1) is 11.8 Å². The lowest BCUT2D eigenvalue weighted by Gasteiger charge is -2.21. The number of alkyl halides is 2. The van der Waals surface area contributed by atoms with E-state index in [1.807, 2.05) is 0 Å². The summed E-state index contributed by atoms with van der Waals surface area (Å²) in [5.74, 6) is 3.95. The fourth-order valence-electron chi connectivity index (χ4n) is 1.09. The fourth-order valence-corrected chi connectivity index (χ4v) is 2.95. The van der Waals surface area contributed by atoms with Crippen LogP contribution >= 0.6 is 18.9 Å². The van der Waals surface area contributed by atoms with Crippen LogP contribution in [0.1, 0.15) is 19.4 Å². The van der Waals surface area contributed by atoms with Gasteiger partial charge in [0.25, 0.3) is 0 Å². The molecule has 0 saturated carbocycles. The first-order valence-electron chi connectivity index (χ1n) is 5.27. The highest BCUT2D eigenvalue weighted by molar-refractivity contribution is 7.55. The quantitative estimate of drug-likeness (QED) is 0.609. The van der Waals surface area contributed by atoms with E-state index in [2.05, 4.69) is 15.0 Å². The topological polar surface area (TPSA) is 35.5 Å². The first-order chi connectivity index (χ1) is 8.45. The van der Waals surface area contributed by atoms with Crippen LogP contribution in [-0.2, 0) is 13.6 Å². The fraction of sp³-hybridized carbons (Fsp3) is 0.455. The molecule has 1 heterocycles. The minimum atomic E-state index is -4.54. The van der Waals surface area contributed by atoms with E-state index in [0.717, 1.165) is 0 Å². The number of rotatable bonds is 5. The summed E-state index contributed by atoms with van der Waals surface area (Å²) in [6.45, 7) is 2.67. The highest BCUT2D eigenvalue weighted by atomic mass is 32.1. The lowest BCUT2D eigenvalue weighted by molar-refractivity contribution is 0.0870. The van der Waals surface area contributed by atoms with Gasteiger partial charge in [0.15, 0.2) is 0 Å². The Morgan fingerprint density at radius 1 is 1.39 bits per heavy atom. The highest BCUT2D eigenvalue weighted by Crippen LogP contribution is 2.61. The molecule has 0 aliphatic carbocycles. The van der Waals surface area contributed by atoms with E-state index in [4.69, 9.17) is 0 Å². The van der Waals surface area contributed by atoms with Gasteiger partial charge >= 0.3 is 13.3 Å². The maximum Gasteiger partial charge on any atom is 0.412 e. The predicted molar refractivity (Wildman–Crippen MR) is 67.0 cm³/mol. The van der Waals surface area contributed by atoms with E-state index in [9.17, 15) is 13.3 Å². The Bertz CT molecular complexity index is 466. The Hall–Kier alpha value is -0.730. The molecular formula is C11H13F2O3PS. The van der Waals surface area contributed by atoms with Crippen molar-refractivity contribution in [1.82, 2.24) is 0 Å². The van der Waals surface area contributed by atoms with Crippen LogP contribution in [0.25, 0.3) is 0 Å². The van der Waals surface area contributed by atoms with Gasteiger partial charge in [-0.3, -0.25) is 4.57 Å². The molecule has 3 nitrogen and oxygen atoms in total. The summed E-state index contributed by atoms with van der Waals surface area (Å²) in [7, 11) is -4.54. The van der Waals surface area contributed by atoms with Crippen LogP contribution in [-0.4, -0.2) is 18.9 Å². The average molecular weight is 294 g/mol. The van der Waals surface area contributed by atoms with Gasteiger partial charge in [-0.15, -0.1) is 0 Å². The van der Waals surface area contributed by atoms with Gasteiger partial charge in [0.2, 0.25) is 0 Å². The molecule has 0 aromatic carbocycles. The van der Waals surface area contributed by atoms with Crippen molar-refractivity contribution in [2.45, 2.75) is 19.5 Å². The van der Waals surface area contributed by atoms with E-state index in [-0.39, 0.29) is 13.2 Å². The van der Waals surface area contributed by atoms with Crippen molar-refractivity contribution in [1.29, 1.82) is 0 Å².